The molecule has 0 amide bonds. The number of piperazine rings is 1. The molecule has 7 heteroatoms. The molecule has 1 aromatic carbocycles. The topological polar surface area (TPSA) is 52.1 Å². The van der Waals surface area contributed by atoms with Crippen molar-refractivity contribution in [3.63, 3.8) is 0 Å². The van der Waals surface area contributed by atoms with Gasteiger partial charge in [0.15, 0.2) is 5.96 Å². The van der Waals surface area contributed by atoms with Crippen LogP contribution in [-0.4, -0.2) is 82.3 Å². The number of aliphatic imine (C=N–C) groups is 1. The van der Waals surface area contributed by atoms with Crippen LogP contribution in [0.25, 0.3) is 0 Å². The Bertz CT molecular complexity index is 573. The Kier molecular flexibility index (Phi) is 11.7. The van der Waals surface area contributed by atoms with Gasteiger partial charge in [0.1, 0.15) is 5.75 Å². The van der Waals surface area contributed by atoms with Crippen LogP contribution in [0.5, 0.6) is 5.75 Å². The van der Waals surface area contributed by atoms with Gasteiger partial charge in [-0.15, -0.1) is 24.0 Å². The van der Waals surface area contributed by atoms with E-state index in [4.69, 9.17) is 4.74 Å². The second-order valence-electron chi connectivity index (χ2n) is 6.76. The monoisotopic (exact) mass is 489 g/mol. The second kappa shape index (κ2) is 13.2. The number of benzene rings is 1. The molecule has 1 aliphatic rings. The summed E-state index contributed by atoms with van der Waals surface area (Å²) >= 11 is 0. The average molecular weight is 489 g/mol. The summed E-state index contributed by atoms with van der Waals surface area (Å²) in [6.45, 7) is 13.0. The molecule has 0 unspecified atom stereocenters. The number of halogens is 1. The molecule has 6 nitrogen and oxygen atoms in total. The number of rotatable bonds is 8. The lowest BCUT2D eigenvalue weighted by atomic mass is 10.1. The summed E-state index contributed by atoms with van der Waals surface area (Å²) in [7, 11) is 3.54. The third kappa shape index (κ3) is 8.23. The van der Waals surface area contributed by atoms with Crippen molar-refractivity contribution in [2.45, 2.75) is 20.3 Å². The smallest absolute Gasteiger partial charge is 0.191 e. The van der Waals surface area contributed by atoms with E-state index < -0.39 is 0 Å². The molecule has 1 aromatic rings. The quantitative estimate of drug-likeness (QED) is 0.332. The molecule has 27 heavy (non-hydrogen) atoms. The van der Waals surface area contributed by atoms with Gasteiger partial charge in [-0.3, -0.25) is 9.89 Å². The molecule has 154 valence electrons. The minimum atomic E-state index is 0. The third-order valence-corrected chi connectivity index (χ3v) is 5.03. The van der Waals surface area contributed by atoms with Crippen molar-refractivity contribution in [2.75, 3.05) is 66.5 Å². The predicted molar refractivity (Wildman–Crippen MR) is 125 cm³/mol. The summed E-state index contributed by atoms with van der Waals surface area (Å²) in [4.78, 5) is 9.34. The Hall–Kier alpha value is -1.06. The summed E-state index contributed by atoms with van der Waals surface area (Å²) in [5, 5.41) is 6.81. The fourth-order valence-electron chi connectivity index (χ4n) is 3.23. The summed E-state index contributed by atoms with van der Waals surface area (Å²) in [6.07, 6.45) is 0.941. The third-order valence-electron chi connectivity index (χ3n) is 5.03. The first-order valence-corrected chi connectivity index (χ1v) is 9.69. The molecule has 1 heterocycles. The molecule has 0 saturated carbocycles. The average Bonchev–Trinajstić information content (AvgIpc) is 2.68. The number of methoxy groups -OCH3 is 1. The number of nitrogens with one attached hydrogen (secondary N) is 2. The zero-order valence-corrected chi connectivity index (χ0v) is 19.6. The summed E-state index contributed by atoms with van der Waals surface area (Å²) in [5.74, 6) is 1.82. The van der Waals surface area contributed by atoms with Crippen molar-refractivity contribution >= 4 is 29.9 Å². The molecule has 2 N–H and O–H groups in total. The SMILES string of the molecule is CCN1CCN(CCNC(=NC)NCCc2ccc(C)c(OC)c2)CC1.I. The molecule has 1 aliphatic heterocycles. The first-order valence-electron chi connectivity index (χ1n) is 9.69. The molecule has 0 radical (unpaired) electrons. The highest BCUT2D eigenvalue weighted by molar-refractivity contribution is 14.0. The van der Waals surface area contributed by atoms with Gasteiger partial charge in [0.2, 0.25) is 0 Å². The first kappa shape index (κ1) is 24.0. The second-order valence-corrected chi connectivity index (χ2v) is 6.76. The summed E-state index contributed by atoms with van der Waals surface area (Å²) < 4.78 is 5.39. The molecule has 1 fully saturated rings. The van der Waals surface area contributed by atoms with Crippen molar-refractivity contribution in [3.05, 3.63) is 29.3 Å². The highest BCUT2D eigenvalue weighted by Crippen LogP contribution is 2.18. The molecule has 0 aromatic heterocycles. The Balaban J connectivity index is 0.00000364. The number of hydrogen-bond acceptors (Lipinski definition) is 4. The standard InChI is InChI=1S/C20H35N5O.HI/c1-5-24-12-14-25(15-13-24)11-10-23-20(21-3)22-9-8-18-7-6-17(2)19(16-18)26-4;/h6-7,16H,5,8-15H2,1-4H3,(H2,21,22,23);1H. The van der Waals surface area contributed by atoms with Crippen molar-refractivity contribution in [1.29, 1.82) is 0 Å². The van der Waals surface area contributed by atoms with Gasteiger partial charge in [-0.1, -0.05) is 19.1 Å². The lowest BCUT2D eigenvalue weighted by molar-refractivity contribution is 0.139. The van der Waals surface area contributed by atoms with Gasteiger partial charge >= 0.3 is 0 Å². The van der Waals surface area contributed by atoms with E-state index in [2.05, 4.69) is 57.5 Å². The van der Waals surface area contributed by atoms with E-state index >= 15 is 0 Å². The highest BCUT2D eigenvalue weighted by atomic mass is 127. The maximum atomic E-state index is 5.39. The van der Waals surface area contributed by atoms with E-state index in [0.29, 0.717) is 0 Å². The van der Waals surface area contributed by atoms with Gasteiger partial charge in [0.05, 0.1) is 7.11 Å². The van der Waals surface area contributed by atoms with Crippen LogP contribution in [0.15, 0.2) is 23.2 Å². The van der Waals surface area contributed by atoms with Crippen molar-refractivity contribution in [3.8, 4) is 5.75 Å². The van der Waals surface area contributed by atoms with E-state index in [1.165, 1.54) is 24.2 Å². The molecule has 0 spiro atoms. The molecule has 0 atom stereocenters. The minimum absolute atomic E-state index is 0. The normalized spacial score (nSPS) is 15.9. The molecule has 0 bridgehead atoms. The van der Waals surface area contributed by atoms with Crippen LogP contribution in [0.2, 0.25) is 0 Å². The maximum absolute atomic E-state index is 5.39. The minimum Gasteiger partial charge on any atom is -0.496 e. The van der Waals surface area contributed by atoms with Crippen LogP contribution in [0.1, 0.15) is 18.1 Å². The van der Waals surface area contributed by atoms with E-state index in [-0.39, 0.29) is 24.0 Å². The van der Waals surface area contributed by atoms with Crippen molar-refractivity contribution in [2.24, 2.45) is 4.99 Å². The van der Waals surface area contributed by atoms with Crippen LogP contribution in [0, 0.1) is 6.92 Å². The van der Waals surface area contributed by atoms with Gasteiger partial charge in [-0.2, -0.15) is 0 Å². The van der Waals surface area contributed by atoms with Crippen LogP contribution < -0.4 is 15.4 Å². The van der Waals surface area contributed by atoms with Gasteiger partial charge in [0.25, 0.3) is 0 Å². The van der Waals surface area contributed by atoms with Crippen LogP contribution in [-0.2, 0) is 6.42 Å². The number of guanidine groups is 1. The van der Waals surface area contributed by atoms with E-state index in [0.717, 1.165) is 57.4 Å². The number of aryl methyl sites for hydroxylation is 1. The van der Waals surface area contributed by atoms with Crippen molar-refractivity contribution in [1.82, 2.24) is 20.4 Å². The maximum Gasteiger partial charge on any atom is 0.191 e. The Morgan fingerprint density at radius 3 is 2.41 bits per heavy atom. The van der Waals surface area contributed by atoms with Gasteiger partial charge < -0.3 is 20.3 Å². The molecule has 0 aliphatic carbocycles. The molecule has 2 rings (SSSR count). The lowest BCUT2D eigenvalue weighted by Gasteiger charge is -2.34. The molecular weight excluding hydrogens is 453 g/mol. The number of ether oxygens (including phenoxy) is 1. The fourth-order valence-corrected chi connectivity index (χ4v) is 3.23. The van der Waals surface area contributed by atoms with Crippen molar-refractivity contribution < 1.29 is 4.74 Å². The first-order chi connectivity index (χ1) is 12.7. The molecular formula is C20H36IN5O. The zero-order chi connectivity index (χ0) is 18.8. The van der Waals surface area contributed by atoms with Gasteiger partial charge in [-0.05, 0) is 37.1 Å². The largest absolute Gasteiger partial charge is 0.496 e. The van der Waals surface area contributed by atoms with Crippen LogP contribution in [0.3, 0.4) is 0 Å². The van der Waals surface area contributed by atoms with Gasteiger partial charge in [0, 0.05) is 52.9 Å². The molecule has 1 saturated heterocycles. The Morgan fingerprint density at radius 1 is 1.11 bits per heavy atom. The fraction of sp³-hybridized carbons (Fsp3) is 0.650. The van der Waals surface area contributed by atoms with E-state index in [1.807, 2.05) is 7.05 Å². The van der Waals surface area contributed by atoms with Crippen LogP contribution >= 0.6 is 24.0 Å². The van der Waals surface area contributed by atoms with E-state index in [9.17, 15) is 0 Å². The number of hydrogen-bond donors (Lipinski definition) is 2. The summed E-state index contributed by atoms with van der Waals surface area (Å²) in [5.41, 5.74) is 2.44. The van der Waals surface area contributed by atoms with E-state index in [1.54, 1.807) is 7.11 Å². The highest BCUT2D eigenvalue weighted by Gasteiger charge is 2.14. The number of nitrogens with zero attached hydrogens (tertiary/aromatic N) is 3. The summed E-state index contributed by atoms with van der Waals surface area (Å²) in [6, 6.07) is 6.38. The predicted octanol–water partition coefficient (Wildman–Crippen LogP) is 1.97. The lowest BCUT2D eigenvalue weighted by Crippen LogP contribution is -2.49. The zero-order valence-electron chi connectivity index (χ0n) is 17.3. The Morgan fingerprint density at radius 2 is 1.78 bits per heavy atom. The van der Waals surface area contributed by atoms with Crippen LogP contribution in [0.4, 0.5) is 0 Å². The Labute approximate surface area is 181 Å². The number of likely N-dealkylation sites (N-methyl/N-ethyl adjacent to an activating group) is 1. The van der Waals surface area contributed by atoms with Gasteiger partial charge in [-0.25, -0.2) is 0 Å².